The van der Waals surface area contributed by atoms with Gasteiger partial charge in [0, 0.05) is 23.6 Å². The summed E-state index contributed by atoms with van der Waals surface area (Å²) in [6.07, 6.45) is 2.55. The zero-order chi connectivity index (χ0) is 14.8. The Balaban J connectivity index is 1.73. The van der Waals surface area contributed by atoms with Crippen LogP contribution in [0.4, 0.5) is 0 Å². The molecule has 0 bridgehead atoms. The van der Waals surface area contributed by atoms with Crippen LogP contribution in [0.25, 0.3) is 0 Å². The highest BCUT2D eigenvalue weighted by Gasteiger charge is 2.31. The summed E-state index contributed by atoms with van der Waals surface area (Å²) in [5, 5.41) is 3.74. The molecule has 0 aliphatic heterocycles. The average Bonchev–Trinajstić information content (AvgIpc) is 2.27. The molecule has 0 radical (unpaired) electrons. The van der Waals surface area contributed by atoms with Gasteiger partial charge in [-0.2, -0.15) is 0 Å². The highest BCUT2D eigenvalue weighted by atomic mass is 79.9. The first-order valence-corrected chi connectivity index (χ1v) is 8.29. The zero-order valence-corrected chi connectivity index (χ0v) is 14.7. The quantitative estimate of drug-likeness (QED) is 0.846. The van der Waals surface area contributed by atoms with Crippen molar-refractivity contribution in [2.24, 2.45) is 5.41 Å². The van der Waals surface area contributed by atoms with Crippen molar-refractivity contribution in [2.45, 2.75) is 38.6 Å². The summed E-state index contributed by atoms with van der Waals surface area (Å²) >= 11 is 3.50. The highest BCUT2D eigenvalue weighted by molar-refractivity contribution is 9.10. The molecule has 2 nitrogen and oxygen atoms in total. The lowest BCUT2D eigenvalue weighted by Crippen LogP contribution is -2.46. The van der Waals surface area contributed by atoms with Gasteiger partial charge in [0.1, 0.15) is 0 Å². The second kappa shape index (κ2) is 6.59. The molecule has 0 unspecified atom stereocenters. The number of rotatable bonds is 6. The number of halogens is 1. The maximum atomic E-state index is 3.74. The lowest BCUT2D eigenvalue weighted by molar-refractivity contribution is 0.200. The molecular formula is C17H27BrN2. The van der Waals surface area contributed by atoms with E-state index in [1.165, 1.54) is 22.9 Å². The second-order valence-corrected chi connectivity index (χ2v) is 8.12. The molecule has 0 heterocycles. The van der Waals surface area contributed by atoms with Gasteiger partial charge in [0.15, 0.2) is 0 Å². The summed E-state index contributed by atoms with van der Waals surface area (Å²) in [5.74, 6) is 0.748. The summed E-state index contributed by atoms with van der Waals surface area (Å²) in [5.41, 5.74) is 1.82. The normalized spacial score (nSPS) is 22.9. The molecule has 0 atom stereocenters. The molecule has 1 aliphatic rings. The van der Waals surface area contributed by atoms with Gasteiger partial charge in [-0.15, -0.1) is 0 Å². The highest BCUT2D eigenvalue weighted by Crippen LogP contribution is 2.37. The first kappa shape index (κ1) is 16.0. The average molecular weight is 339 g/mol. The van der Waals surface area contributed by atoms with E-state index in [1.54, 1.807) is 0 Å². The molecule has 1 aromatic rings. The fourth-order valence-electron chi connectivity index (χ4n) is 3.12. The Kier molecular flexibility index (Phi) is 5.27. The van der Waals surface area contributed by atoms with Gasteiger partial charge in [-0.05, 0) is 56.0 Å². The zero-order valence-electron chi connectivity index (χ0n) is 13.1. The van der Waals surface area contributed by atoms with Gasteiger partial charge in [-0.3, -0.25) is 0 Å². The van der Waals surface area contributed by atoms with Gasteiger partial charge in [0.25, 0.3) is 0 Å². The first-order valence-electron chi connectivity index (χ1n) is 7.49. The minimum atomic E-state index is 0.339. The van der Waals surface area contributed by atoms with Crippen molar-refractivity contribution >= 4 is 15.9 Å². The largest absolute Gasteiger partial charge is 0.313 e. The number of hydrogen-bond donors (Lipinski definition) is 1. The predicted molar refractivity (Wildman–Crippen MR) is 90.2 cm³/mol. The molecule has 20 heavy (non-hydrogen) atoms. The van der Waals surface area contributed by atoms with Gasteiger partial charge in [-0.1, -0.05) is 41.9 Å². The molecule has 0 aromatic heterocycles. The SMILES string of the molecule is CN(C)CC(C)(C)CNC1CC(c2ccc(Br)cc2)C1. The van der Waals surface area contributed by atoms with Crippen molar-refractivity contribution in [3.8, 4) is 0 Å². The smallest absolute Gasteiger partial charge is 0.0175 e. The number of hydrogen-bond acceptors (Lipinski definition) is 2. The Labute approximate surface area is 132 Å². The maximum Gasteiger partial charge on any atom is 0.0175 e. The number of benzene rings is 1. The topological polar surface area (TPSA) is 15.3 Å². The van der Waals surface area contributed by atoms with Crippen LogP contribution in [-0.4, -0.2) is 38.1 Å². The molecule has 0 spiro atoms. The van der Waals surface area contributed by atoms with Gasteiger partial charge in [0.2, 0.25) is 0 Å². The fraction of sp³-hybridized carbons (Fsp3) is 0.647. The molecule has 0 saturated heterocycles. The lowest BCUT2D eigenvalue weighted by Gasteiger charge is -2.39. The van der Waals surface area contributed by atoms with Crippen LogP contribution in [0.1, 0.15) is 38.2 Å². The summed E-state index contributed by atoms with van der Waals surface area (Å²) in [7, 11) is 4.29. The monoisotopic (exact) mass is 338 g/mol. The van der Waals surface area contributed by atoms with Crippen molar-refractivity contribution < 1.29 is 0 Å². The number of nitrogens with zero attached hydrogens (tertiary/aromatic N) is 1. The van der Waals surface area contributed by atoms with E-state index < -0.39 is 0 Å². The summed E-state index contributed by atoms with van der Waals surface area (Å²) in [6.45, 7) is 6.90. The summed E-state index contributed by atoms with van der Waals surface area (Å²) in [6, 6.07) is 9.50. The van der Waals surface area contributed by atoms with Crippen molar-refractivity contribution in [3.05, 3.63) is 34.3 Å². The van der Waals surface area contributed by atoms with E-state index in [0.717, 1.165) is 19.0 Å². The van der Waals surface area contributed by atoms with Crippen LogP contribution >= 0.6 is 15.9 Å². The molecule has 2 rings (SSSR count). The Morgan fingerprint density at radius 1 is 1.20 bits per heavy atom. The van der Waals surface area contributed by atoms with Crippen LogP contribution in [0, 0.1) is 5.41 Å². The van der Waals surface area contributed by atoms with E-state index >= 15 is 0 Å². The molecule has 0 amide bonds. The van der Waals surface area contributed by atoms with E-state index in [1.807, 2.05) is 0 Å². The maximum absolute atomic E-state index is 3.74. The number of nitrogens with one attached hydrogen (secondary N) is 1. The van der Waals surface area contributed by atoms with E-state index in [-0.39, 0.29) is 0 Å². The molecule has 1 aromatic carbocycles. The van der Waals surface area contributed by atoms with E-state index in [9.17, 15) is 0 Å². The van der Waals surface area contributed by atoms with E-state index in [4.69, 9.17) is 0 Å². The molecular weight excluding hydrogens is 312 g/mol. The molecule has 1 saturated carbocycles. The van der Waals surface area contributed by atoms with Gasteiger partial charge >= 0.3 is 0 Å². The van der Waals surface area contributed by atoms with Crippen LogP contribution in [0.5, 0.6) is 0 Å². The summed E-state index contributed by atoms with van der Waals surface area (Å²) < 4.78 is 1.17. The minimum absolute atomic E-state index is 0.339. The van der Waals surface area contributed by atoms with Gasteiger partial charge in [-0.25, -0.2) is 0 Å². The molecule has 3 heteroatoms. The molecule has 1 aliphatic carbocycles. The predicted octanol–water partition coefficient (Wildman–Crippen LogP) is 3.87. The van der Waals surface area contributed by atoms with Gasteiger partial charge < -0.3 is 10.2 Å². The summed E-state index contributed by atoms with van der Waals surface area (Å²) in [4.78, 5) is 2.27. The van der Waals surface area contributed by atoms with E-state index in [0.29, 0.717) is 11.5 Å². The van der Waals surface area contributed by atoms with Crippen molar-refractivity contribution in [1.82, 2.24) is 10.2 Å². The molecule has 1 fully saturated rings. The van der Waals surface area contributed by atoms with Crippen molar-refractivity contribution in [1.29, 1.82) is 0 Å². The molecule has 1 N–H and O–H groups in total. The lowest BCUT2D eigenvalue weighted by atomic mass is 9.75. The first-order chi connectivity index (χ1) is 9.35. The van der Waals surface area contributed by atoms with Crippen molar-refractivity contribution in [2.75, 3.05) is 27.2 Å². The Hall–Kier alpha value is -0.380. The van der Waals surface area contributed by atoms with Crippen molar-refractivity contribution in [3.63, 3.8) is 0 Å². The van der Waals surface area contributed by atoms with Crippen LogP contribution in [0.2, 0.25) is 0 Å². The van der Waals surface area contributed by atoms with Crippen LogP contribution in [-0.2, 0) is 0 Å². The van der Waals surface area contributed by atoms with E-state index in [2.05, 4.69) is 78.4 Å². The van der Waals surface area contributed by atoms with Crippen LogP contribution in [0.3, 0.4) is 0 Å². The second-order valence-electron chi connectivity index (χ2n) is 7.20. The minimum Gasteiger partial charge on any atom is -0.313 e. The Morgan fingerprint density at radius 2 is 1.80 bits per heavy atom. The van der Waals surface area contributed by atoms with Crippen LogP contribution in [0.15, 0.2) is 28.7 Å². The van der Waals surface area contributed by atoms with Gasteiger partial charge in [0.05, 0.1) is 0 Å². The Morgan fingerprint density at radius 3 is 2.35 bits per heavy atom. The fourth-order valence-corrected chi connectivity index (χ4v) is 3.39. The molecule has 112 valence electrons. The third-order valence-corrected chi connectivity index (χ3v) is 4.62. The third-order valence-electron chi connectivity index (χ3n) is 4.09. The standard InChI is InChI=1S/C17H27BrN2/c1-17(2,12-20(3)4)11-19-16-9-14(10-16)13-5-7-15(18)8-6-13/h5-8,14,16,19H,9-12H2,1-4H3. The third kappa shape index (κ3) is 4.57. The van der Waals surface area contributed by atoms with Crippen LogP contribution < -0.4 is 5.32 Å². The Bertz CT molecular complexity index is 419.